The standard InChI is InChI=1S/C14H21N.C3H7N/c1-14(2,3)9-12-10-15(11-12)13-7-5-4-6-8-13;1-2-4-3-1/h4-8,12H,9-11H2,1-3H3;4H,1-3H2. The predicted molar refractivity (Wildman–Crippen MR) is 83.7 cm³/mol. The molecule has 0 aliphatic carbocycles. The van der Waals surface area contributed by atoms with E-state index >= 15 is 0 Å². The number of para-hydroxylation sites is 1. The summed E-state index contributed by atoms with van der Waals surface area (Å²) in [6, 6.07) is 10.7. The Morgan fingerprint density at radius 3 is 2.05 bits per heavy atom. The third-order valence-corrected chi connectivity index (χ3v) is 3.69. The molecule has 3 rings (SSSR count). The Balaban J connectivity index is 0.000000284. The lowest BCUT2D eigenvalue weighted by Gasteiger charge is -2.43. The normalized spacial score (nSPS) is 19.0. The minimum atomic E-state index is 0.480. The van der Waals surface area contributed by atoms with Gasteiger partial charge in [-0.05, 0) is 49.4 Å². The zero-order valence-electron chi connectivity index (χ0n) is 12.7. The molecule has 2 heteroatoms. The van der Waals surface area contributed by atoms with Crippen LogP contribution in [0.25, 0.3) is 0 Å². The van der Waals surface area contributed by atoms with Gasteiger partial charge in [0.25, 0.3) is 0 Å². The Bertz CT molecular complexity index is 353. The second-order valence-electron chi connectivity index (χ2n) is 6.97. The molecular formula is C17H28N2. The maximum Gasteiger partial charge on any atom is 0.0366 e. The van der Waals surface area contributed by atoms with E-state index in [1.807, 2.05) is 0 Å². The molecule has 2 aliphatic heterocycles. The average Bonchev–Trinajstić information content (AvgIpc) is 2.20. The summed E-state index contributed by atoms with van der Waals surface area (Å²) in [5.74, 6) is 0.894. The van der Waals surface area contributed by atoms with Gasteiger partial charge in [-0.2, -0.15) is 0 Å². The maximum atomic E-state index is 3.11. The van der Waals surface area contributed by atoms with Crippen LogP contribution in [0.5, 0.6) is 0 Å². The van der Waals surface area contributed by atoms with Gasteiger partial charge in [-0.3, -0.25) is 0 Å². The van der Waals surface area contributed by atoms with Crippen LogP contribution in [0.2, 0.25) is 0 Å². The number of rotatable bonds is 2. The van der Waals surface area contributed by atoms with Crippen molar-refractivity contribution < 1.29 is 0 Å². The molecule has 1 aromatic carbocycles. The average molecular weight is 260 g/mol. The van der Waals surface area contributed by atoms with Crippen LogP contribution in [0.3, 0.4) is 0 Å². The minimum Gasteiger partial charge on any atom is -0.371 e. The highest BCUT2D eigenvalue weighted by Crippen LogP contribution is 2.32. The zero-order valence-corrected chi connectivity index (χ0v) is 12.7. The highest BCUT2D eigenvalue weighted by atomic mass is 15.2. The largest absolute Gasteiger partial charge is 0.371 e. The Labute approximate surface area is 118 Å². The van der Waals surface area contributed by atoms with Crippen LogP contribution in [0.4, 0.5) is 5.69 Å². The van der Waals surface area contributed by atoms with Crippen LogP contribution in [-0.2, 0) is 0 Å². The highest BCUT2D eigenvalue weighted by Gasteiger charge is 2.30. The molecule has 0 bridgehead atoms. The monoisotopic (exact) mass is 260 g/mol. The molecule has 1 aromatic rings. The van der Waals surface area contributed by atoms with Gasteiger partial charge in [-0.25, -0.2) is 0 Å². The molecule has 0 spiro atoms. The zero-order chi connectivity index (χ0) is 13.7. The summed E-state index contributed by atoms with van der Waals surface area (Å²) in [6.07, 6.45) is 2.73. The summed E-state index contributed by atoms with van der Waals surface area (Å²) in [6.45, 7) is 12.0. The molecule has 2 heterocycles. The van der Waals surface area contributed by atoms with E-state index in [2.05, 4.69) is 61.3 Å². The van der Waals surface area contributed by atoms with Gasteiger partial charge in [0.05, 0.1) is 0 Å². The molecule has 0 aromatic heterocycles. The molecule has 2 nitrogen and oxygen atoms in total. The van der Waals surface area contributed by atoms with Crippen molar-refractivity contribution in [2.24, 2.45) is 11.3 Å². The number of anilines is 1. The summed E-state index contributed by atoms with van der Waals surface area (Å²) >= 11 is 0. The first-order valence-electron chi connectivity index (χ1n) is 7.55. The number of nitrogens with zero attached hydrogens (tertiary/aromatic N) is 1. The van der Waals surface area contributed by atoms with Gasteiger partial charge in [0, 0.05) is 18.8 Å². The van der Waals surface area contributed by atoms with E-state index in [1.165, 1.54) is 44.7 Å². The first kappa shape index (κ1) is 14.4. The quantitative estimate of drug-likeness (QED) is 0.875. The lowest BCUT2D eigenvalue weighted by molar-refractivity contribution is 0.256. The molecule has 1 N–H and O–H groups in total. The summed E-state index contributed by atoms with van der Waals surface area (Å²) < 4.78 is 0. The van der Waals surface area contributed by atoms with E-state index in [4.69, 9.17) is 0 Å². The molecule has 2 aliphatic rings. The molecule has 2 saturated heterocycles. The van der Waals surface area contributed by atoms with Crippen molar-refractivity contribution in [3.05, 3.63) is 30.3 Å². The van der Waals surface area contributed by atoms with E-state index in [0.29, 0.717) is 5.41 Å². The molecule has 0 saturated carbocycles. The van der Waals surface area contributed by atoms with Gasteiger partial charge >= 0.3 is 0 Å². The minimum absolute atomic E-state index is 0.480. The van der Waals surface area contributed by atoms with Crippen molar-refractivity contribution in [1.82, 2.24) is 5.32 Å². The van der Waals surface area contributed by atoms with Crippen molar-refractivity contribution in [3.8, 4) is 0 Å². The highest BCUT2D eigenvalue weighted by molar-refractivity contribution is 5.48. The summed E-state index contributed by atoms with van der Waals surface area (Å²) in [5.41, 5.74) is 1.86. The Kier molecular flexibility index (Phi) is 4.87. The molecule has 0 amide bonds. The Morgan fingerprint density at radius 2 is 1.63 bits per heavy atom. The number of hydrogen-bond donors (Lipinski definition) is 1. The van der Waals surface area contributed by atoms with Gasteiger partial charge in [0.1, 0.15) is 0 Å². The van der Waals surface area contributed by atoms with Crippen LogP contribution < -0.4 is 10.2 Å². The van der Waals surface area contributed by atoms with Crippen molar-refractivity contribution in [1.29, 1.82) is 0 Å². The molecule has 2 fully saturated rings. The number of nitrogens with one attached hydrogen (secondary N) is 1. The molecule has 0 atom stereocenters. The summed E-state index contributed by atoms with van der Waals surface area (Å²) in [5, 5.41) is 3.11. The number of benzene rings is 1. The number of hydrogen-bond acceptors (Lipinski definition) is 2. The fraction of sp³-hybridized carbons (Fsp3) is 0.647. The van der Waals surface area contributed by atoms with Gasteiger partial charge in [0.15, 0.2) is 0 Å². The molecule has 106 valence electrons. The fourth-order valence-corrected chi connectivity index (χ4v) is 2.59. The van der Waals surface area contributed by atoms with Crippen molar-refractivity contribution in [2.75, 3.05) is 31.1 Å². The van der Waals surface area contributed by atoms with E-state index in [0.717, 1.165) is 5.92 Å². The maximum absolute atomic E-state index is 3.11. The second kappa shape index (κ2) is 6.42. The summed E-state index contributed by atoms with van der Waals surface area (Å²) in [4.78, 5) is 2.47. The SMILES string of the molecule is C1CNC1.CC(C)(C)CC1CN(c2ccccc2)C1. The van der Waals surface area contributed by atoms with Crippen molar-refractivity contribution >= 4 is 5.69 Å². The molecule has 0 unspecified atom stereocenters. The second-order valence-corrected chi connectivity index (χ2v) is 6.97. The third kappa shape index (κ3) is 4.87. The molecular weight excluding hydrogens is 232 g/mol. The van der Waals surface area contributed by atoms with Crippen LogP contribution in [0.1, 0.15) is 33.6 Å². The molecule has 0 radical (unpaired) electrons. The Hall–Kier alpha value is -1.02. The van der Waals surface area contributed by atoms with E-state index in [-0.39, 0.29) is 0 Å². The van der Waals surface area contributed by atoms with Gasteiger partial charge in [-0.1, -0.05) is 39.0 Å². The van der Waals surface area contributed by atoms with Crippen molar-refractivity contribution in [3.63, 3.8) is 0 Å². The van der Waals surface area contributed by atoms with E-state index in [1.54, 1.807) is 0 Å². The van der Waals surface area contributed by atoms with Gasteiger partial charge in [0.2, 0.25) is 0 Å². The van der Waals surface area contributed by atoms with E-state index < -0.39 is 0 Å². The van der Waals surface area contributed by atoms with Crippen LogP contribution in [-0.4, -0.2) is 26.2 Å². The smallest absolute Gasteiger partial charge is 0.0366 e. The first-order chi connectivity index (χ1) is 9.04. The topological polar surface area (TPSA) is 15.3 Å². The predicted octanol–water partition coefficient (Wildman–Crippen LogP) is 3.54. The first-order valence-corrected chi connectivity index (χ1v) is 7.55. The van der Waals surface area contributed by atoms with Crippen LogP contribution >= 0.6 is 0 Å². The molecule has 19 heavy (non-hydrogen) atoms. The Morgan fingerprint density at radius 1 is 1.11 bits per heavy atom. The van der Waals surface area contributed by atoms with Crippen molar-refractivity contribution in [2.45, 2.75) is 33.6 Å². The lowest BCUT2D eigenvalue weighted by atomic mass is 9.81. The van der Waals surface area contributed by atoms with Gasteiger partial charge < -0.3 is 10.2 Å². The van der Waals surface area contributed by atoms with Crippen LogP contribution in [0, 0.1) is 11.3 Å². The van der Waals surface area contributed by atoms with Gasteiger partial charge in [-0.15, -0.1) is 0 Å². The fourth-order valence-electron chi connectivity index (χ4n) is 2.59. The lowest BCUT2D eigenvalue weighted by Crippen LogP contribution is -2.48. The van der Waals surface area contributed by atoms with Crippen LogP contribution in [0.15, 0.2) is 30.3 Å². The third-order valence-electron chi connectivity index (χ3n) is 3.69. The summed E-state index contributed by atoms with van der Waals surface area (Å²) in [7, 11) is 0. The van der Waals surface area contributed by atoms with E-state index in [9.17, 15) is 0 Å².